The molecule has 1 N–H and O–H groups in total. The quantitative estimate of drug-likeness (QED) is 0.344. The highest BCUT2D eigenvalue weighted by atomic mass is 19.4. The molecule has 0 bridgehead atoms. The maximum absolute atomic E-state index is 12.3. The number of carbonyl (C=O) groups is 3. The van der Waals surface area contributed by atoms with Crippen molar-refractivity contribution in [1.29, 1.82) is 0 Å². The summed E-state index contributed by atoms with van der Waals surface area (Å²) >= 11 is 0. The van der Waals surface area contributed by atoms with Crippen LogP contribution in [0.1, 0.15) is 11.1 Å². The molecule has 0 amide bonds. The molecule has 0 spiro atoms. The number of hydrogen-bond acceptors (Lipinski definition) is 7. The second-order valence-corrected chi connectivity index (χ2v) is 6.40. The van der Waals surface area contributed by atoms with Crippen molar-refractivity contribution in [3.8, 4) is 11.5 Å². The van der Waals surface area contributed by atoms with Crippen LogP contribution in [0.3, 0.4) is 0 Å². The number of carboxylic acid groups (broad SMARTS) is 1. The fourth-order valence-corrected chi connectivity index (χ4v) is 2.61. The summed E-state index contributed by atoms with van der Waals surface area (Å²) in [5, 5.41) is 8.99. The van der Waals surface area contributed by atoms with E-state index < -0.39 is 29.8 Å². The molecule has 11 heteroatoms. The summed E-state index contributed by atoms with van der Waals surface area (Å²) in [4.78, 5) is 37.7. The monoisotopic (exact) mass is 449 g/mol. The van der Waals surface area contributed by atoms with E-state index >= 15 is 0 Å². The Kier molecular flexibility index (Phi) is 6.28. The number of benzene rings is 2. The van der Waals surface area contributed by atoms with Gasteiger partial charge >= 0.3 is 24.1 Å². The van der Waals surface area contributed by atoms with Crippen LogP contribution in [-0.4, -0.2) is 41.3 Å². The second-order valence-electron chi connectivity index (χ2n) is 6.40. The van der Waals surface area contributed by atoms with Crippen LogP contribution in [0.15, 0.2) is 52.6 Å². The van der Waals surface area contributed by atoms with Crippen molar-refractivity contribution in [3.05, 3.63) is 59.4 Å². The van der Waals surface area contributed by atoms with E-state index in [1.807, 2.05) is 0 Å². The van der Waals surface area contributed by atoms with Gasteiger partial charge in [0, 0.05) is 5.56 Å². The standard InChI is InChI=1S/C21H14F3NO7/c1-30-17(26)10-12-4-7-15-14(8-12)25-18(31-15)13-5-2-11(3-6-13)9-16(19(27)28)32-20(29)21(22,23)24/h2-9H,10H2,1H3,(H,27,28). The molecule has 1 heterocycles. The first-order valence-electron chi connectivity index (χ1n) is 8.87. The Morgan fingerprint density at radius 3 is 2.41 bits per heavy atom. The van der Waals surface area contributed by atoms with Gasteiger partial charge in [0.25, 0.3) is 0 Å². The minimum atomic E-state index is -5.33. The number of nitrogens with zero attached hydrogens (tertiary/aromatic N) is 1. The molecule has 1 aromatic heterocycles. The van der Waals surface area contributed by atoms with Gasteiger partial charge in [0.15, 0.2) is 5.58 Å². The average molecular weight is 449 g/mol. The molecule has 8 nitrogen and oxygen atoms in total. The number of esters is 2. The highest BCUT2D eigenvalue weighted by molar-refractivity contribution is 5.93. The van der Waals surface area contributed by atoms with E-state index in [1.54, 1.807) is 18.2 Å². The number of aliphatic carboxylic acids is 1. The third-order valence-electron chi connectivity index (χ3n) is 4.13. The summed E-state index contributed by atoms with van der Waals surface area (Å²) < 4.78 is 51.1. The van der Waals surface area contributed by atoms with E-state index in [1.165, 1.54) is 31.4 Å². The summed E-state index contributed by atoms with van der Waals surface area (Å²) in [5.41, 5.74) is 2.30. The van der Waals surface area contributed by atoms with Gasteiger partial charge in [-0.3, -0.25) is 4.79 Å². The number of rotatable bonds is 6. The van der Waals surface area contributed by atoms with Gasteiger partial charge in [-0.1, -0.05) is 18.2 Å². The SMILES string of the molecule is COC(=O)Cc1ccc2oc(-c3ccc(C=C(OC(=O)C(F)(F)F)C(=O)O)cc3)nc2c1. The van der Waals surface area contributed by atoms with Crippen molar-refractivity contribution in [1.82, 2.24) is 4.98 Å². The van der Waals surface area contributed by atoms with Crippen molar-refractivity contribution in [2.45, 2.75) is 12.6 Å². The zero-order chi connectivity index (χ0) is 23.5. The highest BCUT2D eigenvalue weighted by Crippen LogP contribution is 2.26. The Bertz CT molecular complexity index is 1210. The molecule has 0 saturated heterocycles. The molecular weight excluding hydrogens is 435 g/mol. The molecule has 0 saturated carbocycles. The van der Waals surface area contributed by atoms with E-state index in [0.29, 0.717) is 22.2 Å². The number of carbonyl (C=O) groups excluding carboxylic acids is 2. The van der Waals surface area contributed by atoms with E-state index in [-0.39, 0.29) is 17.9 Å². The Morgan fingerprint density at radius 1 is 1.12 bits per heavy atom. The summed E-state index contributed by atoms with van der Waals surface area (Å²) in [6, 6.07) is 10.8. The molecule has 32 heavy (non-hydrogen) atoms. The molecule has 166 valence electrons. The van der Waals surface area contributed by atoms with Crippen LogP contribution in [0.25, 0.3) is 28.6 Å². The number of halogens is 3. The first-order chi connectivity index (χ1) is 15.1. The third kappa shape index (κ3) is 5.31. The lowest BCUT2D eigenvalue weighted by Crippen LogP contribution is -2.26. The van der Waals surface area contributed by atoms with Crippen molar-refractivity contribution in [2.75, 3.05) is 7.11 Å². The predicted octanol–water partition coefficient (Wildman–Crippen LogP) is 3.74. The zero-order valence-electron chi connectivity index (χ0n) is 16.3. The van der Waals surface area contributed by atoms with Crippen LogP contribution in [0.2, 0.25) is 0 Å². The topological polar surface area (TPSA) is 116 Å². The van der Waals surface area contributed by atoms with Gasteiger partial charge in [-0.25, -0.2) is 14.6 Å². The smallest absolute Gasteiger partial charge is 0.475 e. The minimum absolute atomic E-state index is 0.0699. The van der Waals surface area contributed by atoms with Crippen LogP contribution in [0.4, 0.5) is 13.2 Å². The normalized spacial score (nSPS) is 11.9. The number of hydrogen-bond donors (Lipinski definition) is 1. The van der Waals surface area contributed by atoms with Gasteiger partial charge in [0.2, 0.25) is 11.6 Å². The van der Waals surface area contributed by atoms with Crippen molar-refractivity contribution < 1.29 is 46.6 Å². The first-order valence-corrected chi connectivity index (χ1v) is 8.87. The Hall–Kier alpha value is -4.15. The zero-order valence-corrected chi connectivity index (χ0v) is 16.3. The number of oxazole rings is 1. The van der Waals surface area contributed by atoms with Crippen molar-refractivity contribution in [2.24, 2.45) is 0 Å². The van der Waals surface area contributed by atoms with Gasteiger partial charge in [-0.05, 0) is 41.5 Å². The number of fused-ring (bicyclic) bond motifs is 1. The molecule has 0 unspecified atom stereocenters. The van der Waals surface area contributed by atoms with Crippen LogP contribution in [0, 0.1) is 0 Å². The fourth-order valence-electron chi connectivity index (χ4n) is 2.61. The van der Waals surface area contributed by atoms with Gasteiger partial charge < -0.3 is 19.0 Å². The Labute approximate surface area is 177 Å². The van der Waals surface area contributed by atoms with Crippen LogP contribution in [0.5, 0.6) is 0 Å². The van der Waals surface area contributed by atoms with Crippen LogP contribution in [-0.2, 0) is 30.3 Å². The molecule has 3 rings (SSSR count). The molecule has 2 aromatic carbocycles. The lowest BCUT2D eigenvalue weighted by Gasteiger charge is -2.07. The minimum Gasteiger partial charge on any atom is -0.475 e. The van der Waals surface area contributed by atoms with Crippen molar-refractivity contribution in [3.63, 3.8) is 0 Å². The van der Waals surface area contributed by atoms with E-state index in [0.717, 1.165) is 6.08 Å². The Balaban J connectivity index is 1.83. The molecule has 0 aliphatic carbocycles. The maximum Gasteiger partial charge on any atom is 0.491 e. The maximum atomic E-state index is 12.3. The molecule has 3 aromatic rings. The molecule has 0 aliphatic rings. The summed E-state index contributed by atoms with van der Waals surface area (Å²) in [5.74, 6) is -5.83. The Morgan fingerprint density at radius 2 is 1.81 bits per heavy atom. The van der Waals surface area contributed by atoms with E-state index in [4.69, 9.17) is 9.52 Å². The lowest BCUT2D eigenvalue weighted by atomic mass is 10.1. The van der Waals surface area contributed by atoms with Gasteiger partial charge in [0.1, 0.15) is 5.52 Å². The summed E-state index contributed by atoms with van der Waals surface area (Å²) in [7, 11) is 1.29. The molecule has 0 atom stereocenters. The van der Waals surface area contributed by atoms with Crippen LogP contribution < -0.4 is 0 Å². The van der Waals surface area contributed by atoms with Gasteiger partial charge in [-0.2, -0.15) is 13.2 Å². The number of alkyl halides is 3. The third-order valence-corrected chi connectivity index (χ3v) is 4.13. The largest absolute Gasteiger partial charge is 0.491 e. The summed E-state index contributed by atoms with van der Waals surface area (Å²) in [6.07, 6.45) is -4.48. The van der Waals surface area contributed by atoms with Gasteiger partial charge in [0.05, 0.1) is 13.5 Å². The second kappa shape index (κ2) is 8.92. The number of ether oxygens (including phenoxy) is 2. The van der Waals surface area contributed by atoms with E-state index in [9.17, 15) is 27.6 Å². The van der Waals surface area contributed by atoms with Crippen molar-refractivity contribution >= 4 is 35.1 Å². The number of carboxylic acids is 1. The summed E-state index contributed by atoms with van der Waals surface area (Å²) in [6.45, 7) is 0. The van der Waals surface area contributed by atoms with E-state index in [2.05, 4.69) is 14.5 Å². The highest BCUT2D eigenvalue weighted by Gasteiger charge is 2.42. The number of aromatic nitrogens is 1. The lowest BCUT2D eigenvalue weighted by molar-refractivity contribution is -0.196. The first kappa shape index (κ1) is 22.5. The van der Waals surface area contributed by atoms with Gasteiger partial charge in [-0.15, -0.1) is 0 Å². The average Bonchev–Trinajstić information content (AvgIpc) is 3.16. The molecule has 0 fully saturated rings. The molecular formula is C21H14F3NO7. The van der Waals surface area contributed by atoms with Crippen LogP contribution >= 0.6 is 0 Å². The molecule has 0 radical (unpaired) electrons. The fraction of sp³-hybridized carbons (Fsp3) is 0.143. The number of methoxy groups -OCH3 is 1. The predicted molar refractivity (Wildman–Crippen MR) is 103 cm³/mol. The molecule has 0 aliphatic heterocycles.